The molecule has 25 heavy (non-hydrogen) atoms. The molecule has 2 aromatic carbocycles. The molecule has 2 atom stereocenters. The van der Waals surface area contributed by atoms with Gasteiger partial charge in [0.05, 0.1) is 16.1 Å². The number of alkyl halides is 3. The predicted molar refractivity (Wildman–Crippen MR) is 89.8 cm³/mol. The second-order valence-corrected chi connectivity index (χ2v) is 6.30. The standard InChI is InChI=1S/C18H16ClF3N2O/c19-16-12(7-4-8-14(16)18(20,21)22)17(25)24-15-10-23-9-13(15)11-5-2-1-3-6-11/h1-8,13,15,23H,9-10H2,(H,24,25)/t13-,15+/m0/s1. The number of hydrogen-bond acceptors (Lipinski definition) is 2. The zero-order chi connectivity index (χ0) is 18.0. The van der Waals surface area contributed by atoms with Gasteiger partial charge < -0.3 is 10.6 Å². The van der Waals surface area contributed by atoms with Gasteiger partial charge in [-0.05, 0) is 17.7 Å². The van der Waals surface area contributed by atoms with Crippen molar-refractivity contribution in [3.63, 3.8) is 0 Å². The topological polar surface area (TPSA) is 41.1 Å². The molecule has 0 saturated carbocycles. The Morgan fingerprint density at radius 2 is 1.80 bits per heavy atom. The first-order chi connectivity index (χ1) is 11.9. The lowest BCUT2D eigenvalue weighted by atomic mass is 9.94. The Hall–Kier alpha value is -2.05. The minimum Gasteiger partial charge on any atom is -0.347 e. The lowest BCUT2D eigenvalue weighted by Crippen LogP contribution is -2.39. The smallest absolute Gasteiger partial charge is 0.347 e. The summed E-state index contributed by atoms with van der Waals surface area (Å²) in [6.45, 7) is 1.23. The van der Waals surface area contributed by atoms with Crippen molar-refractivity contribution in [3.05, 3.63) is 70.2 Å². The Bertz CT molecular complexity index is 765. The largest absolute Gasteiger partial charge is 0.417 e. The minimum atomic E-state index is -4.60. The number of carbonyl (C=O) groups excluding carboxylic acids is 1. The van der Waals surface area contributed by atoms with E-state index in [1.54, 1.807) is 0 Å². The van der Waals surface area contributed by atoms with Crippen molar-refractivity contribution < 1.29 is 18.0 Å². The van der Waals surface area contributed by atoms with Crippen molar-refractivity contribution in [2.45, 2.75) is 18.1 Å². The van der Waals surface area contributed by atoms with Gasteiger partial charge in [-0.25, -0.2) is 0 Å². The van der Waals surface area contributed by atoms with Gasteiger partial charge in [-0.15, -0.1) is 0 Å². The van der Waals surface area contributed by atoms with Crippen molar-refractivity contribution in [1.29, 1.82) is 0 Å². The average molecular weight is 369 g/mol. The fourth-order valence-electron chi connectivity index (χ4n) is 3.05. The monoisotopic (exact) mass is 368 g/mol. The van der Waals surface area contributed by atoms with Gasteiger partial charge in [-0.2, -0.15) is 13.2 Å². The summed E-state index contributed by atoms with van der Waals surface area (Å²) in [7, 11) is 0. The molecule has 2 aromatic rings. The third kappa shape index (κ3) is 3.80. The van der Waals surface area contributed by atoms with Crippen LogP contribution in [0.25, 0.3) is 0 Å². The lowest BCUT2D eigenvalue weighted by Gasteiger charge is -2.21. The van der Waals surface area contributed by atoms with Gasteiger partial charge in [-0.1, -0.05) is 48.0 Å². The summed E-state index contributed by atoms with van der Waals surface area (Å²) >= 11 is 5.83. The fraction of sp³-hybridized carbons (Fsp3) is 0.278. The van der Waals surface area contributed by atoms with Crippen LogP contribution in [-0.2, 0) is 6.18 Å². The van der Waals surface area contributed by atoms with Gasteiger partial charge >= 0.3 is 6.18 Å². The second kappa shape index (κ2) is 7.06. The van der Waals surface area contributed by atoms with E-state index in [9.17, 15) is 18.0 Å². The Morgan fingerprint density at radius 1 is 1.08 bits per heavy atom. The molecule has 1 saturated heterocycles. The molecule has 0 radical (unpaired) electrons. The summed E-state index contributed by atoms with van der Waals surface area (Å²) in [5.41, 5.74) is -0.117. The van der Waals surface area contributed by atoms with E-state index in [4.69, 9.17) is 11.6 Å². The van der Waals surface area contributed by atoms with Crippen LogP contribution in [0.4, 0.5) is 13.2 Å². The van der Waals surface area contributed by atoms with E-state index in [0.29, 0.717) is 13.1 Å². The highest BCUT2D eigenvalue weighted by molar-refractivity contribution is 6.34. The number of nitrogens with one attached hydrogen (secondary N) is 2. The van der Waals surface area contributed by atoms with Crippen LogP contribution in [0.1, 0.15) is 27.4 Å². The SMILES string of the molecule is O=C(N[C@@H]1CNC[C@H]1c1ccccc1)c1cccc(C(F)(F)F)c1Cl. The van der Waals surface area contributed by atoms with Crippen LogP contribution in [0.2, 0.25) is 5.02 Å². The highest BCUT2D eigenvalue weighted by Crippen LogP contribution is 2.36. The Balaban J connectivity index is 1.81. The fourth-order valence-corrected chi connectivity index (χ4v) is 3.37. The molecule has 0 aromatic heterocycles. The highest BCUT2D eigenvalue weighted by Gasteiger charge is 2.35. The molecule has 3 nitrogen and oxygen atoms in total. The summed E-state index contributed by atoms with van der Waals surface area (Å²) < 4.78 is 38.9. The molecule has 2 N–H and O–H groups in total. The van der Waals surface area contributed by atoms with Gasteiger partial charge in [0.25, 0.3) is 5.91 Å². The van der Waals surface area contributed by atoms with Gasteiger partial charge in [0.15, 0.2) is 0 Å². The number of amides is 1. The molecular weight excluding hydrogens is 353 g/mol. The third-order valence-electron chi connectivity index (χ3n) is 4.31. The summed E-state index contributed by atoms with van der Waals surface area (Å²) in [5.74, 6) is -0.555. The number of halogens is 4. The Morgan fingerprint density at radius 3 is 2.48 bits per heavy atom. The van der Waals surface area contributed by atoms with Crippen molar-refractivity contribution in [2.75, 3.05) is 13.1 Å². The molecule has 1 aliphatic rings. The summed E-state index contributed by atoms with van der Waals surface area (Å²) in [6, 6.07) is 12.8. The first kappa shape index (κ1) is 17.8. The molecule has 1 amide bonds. The van der Waals surface area contributed by atoms with Crippen LogP contribution in [-0.4, -0.2) is 25.0 Å². The van der Waals surface area contributed by atoms with E-state index >= 15 is 0 Å². The number of hydrogen-bond donors (Lipinski definition) is 2. The summed E-state index contributed by atoms with van der Waals surface area (Å²) in [5, 5.41) is 5.44. The van der Waals surface area contributed by atoms with Crippen LogP contribution in [0.15, 0.2) is 48.5 Å². The number of benzene rings is 2. The van der Waals surface area contributed by atoms with Gasteiger partial charge in [0.2, 0.25) is 0 Å². The molecule has 132 valence electrons. The van der Waals surface area contributed by atoms with E-state index in [0.717, 1.165) is 11.6 Å². The normalized spacial score (nSPS) is 20.5. The zero-order valence-corrected chi connectivity index (χ0v) is 13.9. The maximum atomic E-state index is 13.0. The Kier molecular flexibility index (Phi) is 5.01. The first-order valence-electron chi connectivity index (χ1n) is 7.80. The molecule has 0 spiro atoms. The number of carbonyl (C=O) groups is 1. The Labute approximate surface area is 148 Å². The maximum absolute atomic E-state index is 13.0. The summed E-state index contributed by atoms with van der Waals surface area (Å²) in [4.78, 5) is 12.5. The van der Waals surface area contributed by atoms with E-state index < -0.39 is 22.7 Å². The van der Waals surface area contributed by atoms with E-state index in [1.807, 2.05) is 30.3 Å². The van der Waals surface area contributed by atoms with Crippen LogP contribution in [0.3, 0.4) is 0 Å². The van der Waals surface area contributed by atoms with Crippen LogP contribution < -0.4 is 10.6 Å². The van der Waals surface area contributed by atoms with Crippen molar-refractivity contribution in [2.24, 2.45) is 0 Å². The minimum absolute atomic E-state index is 0.0507. The number of rotatable bonds is 3. The van der Waals surface area contributed by atoms with Crippen LogP contribution in [0, 0.1) is 0 Å². The molecule has 0 bridgehead atoms. The molecule has 3 rings (SSSR count). The maximum Gasteiger partial charge on any atom is 0.417 e. The van der Waals surface area contributed by atoms with Gasteiger partial charge in [-0.3, -0.25) is 4.79 Å². The van der Waals surface area contributed by atoms with Crippen LogP contribution >= 0.6 is 11.6 Å². The molecule has 1 heterocycles. The van der Waals surface area contributed by atoms with E-state index in [-0.39, 0.29) is 17.5 Å². The van der Waals surface area contributed by atoms with E-state index in [1.165, 1.54) is 12.1 Å². The molecular formula is C18H16ClF3N2O. The summed E-state index contributed by atoms with van der Waals surface area (Å²) in [6.07, 6.45) is -4.60. The van der Waals surface area contributed by atoms with Gasteiger partial charge in [0, 0.05) is 25.0 Å². The van der Waals surface area contributed by atoms with Crippen molar-refractivity contribution >= 4 is 17.5 Å². The van der Waals surface area contributed by atoms with Crippen molar-refractivity contribution in [1.82, 2.24) is 10.6 Å². The average Bonchev–Trinajstić information content (AvgIpc) is 3.02. The lowest BCUT2D eigenvalue weighted by molar-refractivity contribution is -0.137. The molecule has 1 fully saturated rings. The van der Waals surface area contributed by atoms with E-state index in [2.05, 4.69) is 10.6 Å². The predicted octanol–water partition coefficient (Wildman–Crippen LogP) is 3.84. The van der Waals surface area contributed by atoms with Gasteiger partial charge in [0.1, 0.15) is 0 Å². The van der Waals surface area contributed by atoms with Crippen molar-refractivity contribution in [3.8, 4) is 0 Å². The first-order valence-corrected chi connectivity index (χ1v) is 8.18. The quantitative estimate of drug-likeness (QED) is 0.864. The molecule has 0 aliphatic carbocycles. The van der Waals surface area contributed by atoms with Crippen LogP contribution in [0.5, 0.6) is 0 Å². The highest BCUT2D eigenvalue weighted by atomic mass is 35.5. The molecule has 1 aliphatic heterocycles. The molecule has 0 unspecified atom stereocenters. The third-order valence-corrected chi connectivity index (χ3v) is 4.71. The zero-order valence-electron chi connectivity index (χ0n) is 13.1. The second-order valence-electron chi connectivity index (χ2n) is 5.92. The molecule has 7 heteroatoms.